The second kappa shape index (κ2) is 11.9. The van der Waals surface area contributed by atoms with Crippen LogP contribution in [0.5, 0.6) is 0 Å². The molecule has 1 heterocycles. The molecule has 0 radical (unpaired) electrons. The van der Waals surface area contributed by atoms with Crippen molar-refractivity contribution in [2.75, 3.05) is 6.54 Å². The van der Waals surface area contributed by atoms with E-state index in [1.54, 1.807) is 0 Å². The van der Waals surface area contributed by atoms with E-state index in [2.05, 4.69) is 48.6 Å². The van der Waals surface area contributed by atoms with Crippen LogP contribution < -0.4 is 5.73 Å². The SMILES string of the molecule is N/C(=N\C(=N/CC1=C(C2=C3C=CC=CC3C(c3nc4ccccc4o3)C=C2)C=CCC1)c1ccccc1)c1ccccc1. The third-order valence-electron chi connectivity index (χ3n) is 8.14. The lowest BCUT2D eigenvalue weighted by atomic mass is 9.74. The molecule has 7 rings (SSSR count). The fraction of sp³-hybridized carbons (Fsp3) is 0.132. The van der Waals surface area contributed by atoms with Gasteiger partial charge in [-0.3, -0.25) is 4.99 Å². The van der Waals surface area contributed by atoms with E-state index in [1.165, 1.54) is 22.3 Å². The normalized spacial score (nSPS) is 20.3. The van der Waals surface area contributed by atoms with Crippen LogP contribution in [0.2, 0.25) is 0 Å². The van der Waals surface area contributed by atoms with Gasteiger partial charge in [0.15, 0.2) is 11.4 Å². The molecule has 43 heavy (non-hydrogen) atoms. The molecule has 2 atom stereocenters. The van der Waals surface area contributed by atoms with Gasteiger partial charge in [0.05, 0.1) is 12.5 Å². The maximum Gasteiger partial charge on any atom is 0.203 e. The van der Waals surface area contributed by atoms with Crippen LogP contribution in [0.25, 0.3) is 11.1 Å². The fourth-order valence-electron chi connectivity index (χ4n) is 5.96. The van der Waals surface area contributed by atoms with Crippen molar-refractivity contribution in [1.82, 2.24) is 4.98 Å². The molecular weight excluding hydrogens is 528 g/mol. The van der Waals surface area contributed by atoms with Gasteiger partial charge in [-0.15, -0.1) is 0 Å². The Balaban J connectivity index is 1.25. The van der Waals surface area contributed by atoms with Gasteiger partial charge < -0.3 is 10.2 Å². The first-order chi connectivity index (χ1) is 21.2. The van der Waals surface area contributed by atoms with Gasteiger partial charge in [-0.05, 0) is 47.3 Å². The van der Waals surface area contributed by atoms with E-state index in [-0.39, 0.29) is 11.8 Å². The molecule has 0 spiro atoms. The predicted octanol–water partition coefficient (Wildman–Crippen LogP) is 8.02. The van der Waals surface area contributed by atoms with Gasteiger partial charge >= 0.3 is 0 Å². The Morgan fingerprint density at radius 2 is 1.56 bits per heavy atom. The summed E-state index contributed by atoms with van der Waals surface area (Å²) in [5.74, 6) is 2.00. The summed E-state index contributed by atoms with van der Waals surface area (Å²) in [4.78, 5) is 14.7. The Bertz CT molecular complexity index is 1870. The molecule has 2 unspecified atom stereocenters. The zero-order valence-corrected chi connectivity index (χ0v) is 23.8. The predicted molar refractivity (Wildman–Crippen MR) is 175 cm³/mol. The van der Waals surface area contributed by atoms with Gasteiger partial charge in [0.1, 0.15) is 11.4 Å². The van der Waals surface area contributed by atoms with Gasteiger partial charge in [-0.2, -0.15) is 0 Å². The molecule has 0 aliphatic heterocycles. The van der Waals surface area contributed by atoms with Crippen molar-refractivity contribution < 1.29 is 4.42 Å². The number of allylic oxidation sites excluding steroid dienone is 11. The Morgan fingerprint density at radius 3 is 2.37 bits per heavy atom. The van der Waals surface area contributed by atoms with Gasteiger partial charge in [0.2, 0.25) is 5.89 Å². The standard InChI is InChI=1S/C38H32N4O/c39-36(26-13-3-1-4-14-26)42-37(27-15-5-2-6-16-27)40-25-28-17-7-8-18-29(28)32-23-24-33(31-20-10-9-19-30(31)32)38-41-34-21-11-12-22-35(34)43-38/h1-6,8-16,18-24,31,33H,7,17,25H2,(H2,39,40,42). The minimum absolute atomic E-state index is 0.0296. The Hall–Kier alpha value is -5.29. The Labute approximate surface area is 251 Å². The molecule has 0 fully saturated rings. The lowest BCUT2D eigenvalue weighted by Crippen LogP contribution is -2.19. The van der Waals surface area contributed by atoms with Crippen LogP contribution in [-0.2, 0) is 0 Å². The molecule has 5 heteroatoms. The fourth-order valence-corrected chi connectivity index (χ4v) is 5.96. The maximum absolute atomic E-state index is 6.45. The molecule has 0 saturated heterocycles. The molecule has 1 aromatic heterocycles. The number of fused-ring (bicyclic) bond motifs is 2. The first-order valence-electron chi connectivity index (χ1n) is 14.8. The number of amidine groups is 2. The lowest BCUT2D eigenvalue weighted by molar-refractivity contribution is 0.470. The number of aromatic nitrogens is 1. The Morgan fingerprint density at radius 1 is 0.791 bits per heavy atom. The lowest BCUT2D eigenvalue weighted by Gasteiger charge is -2.30. The van der Waals surface area contributed by atoms with E-state index in [1.807, 2.05) is 84.9 Å². The van der Waals surface area contributed by atoms with Crippen molar-refractivity contribution in [3.05, 3.63) is 173 Å². The van der Waals surface area contributed by atoms with Crippen LogP contribution in [0.3, 0.4) is 0 Å². The number of oxazole rings is 1. The summed E-state index contributed by atoms with van der Waals surface area (Å²) in [6.07, 6.45) is 19.7. The highest BCUT2D eigenvalue weighted by atomic mass is 16.3. The highest BCUT2D eigenvalue weighted by molar-refractivity contribution is 6.11. The van der Waals surface area contributed by atoms with Gasteiger partial charge in [0.25, 0.3) is 0 Å². The minimum Gasteiger partial charge on any atom is -0.440 e. The highest BCUT2D eigenvalue weighted by Crippen LogP contribution is 2.43. The summed E-state index contributed by atoms with van der Waals surface area (Å²) in [5, 5.41) is 0. The third kappa shape index (κ3) is 5.50. The van der Waals surface area contributed by atoms with Crippen LogP contribution in [0.4, 0.5) is 0 Å². The van der Waals surface area contributed by atoms with E-state index in [9.17, 15) is 0 Å². The molecule has 0 amide bonds. The summed E-state index contributed by atoms with van der Waals surface area (Å²) in [7, 11) is 0. The van der Waals surface area contributed by atoms with Crippen molar-refractivity contribution in [2.45, 2.75) is 18.8 Å². The molecule has 3 aromatic carbocycles. The molecule has 210 valence electrons. The molecule has 3 aliphatic rings. The minimum atomic E-state index is 0.0296. The quantitative estimate of drug-likeness (QED) is 0.192. The summed E-state index contributed by atoms with van der Waals surface area (Å²) in [5.41, 5.74) is 15.0. The number of nitrogens with two attached hydrogens (primary N) is 1. The second-order valence-electron chi connectivity index (χ2n) is 10.9. The molecule has 0 bridgehead atoms. The van der Waals surface area contributed by atoms with Crippen LogP contribution in [-0.4, -0.2) is 23.2 Å². The number of benzene rings is 3. The maximum atomic E-state index is 6.45. The van der Waals surface area contributed by atoms with Gasteiger partial charge in [-0.25, -0.2) is 9.98 Å². The molecule has 2 N–H and O–H groups in total. The van der Waals surface area contributed by atoms with E-state index < -0.39 is 0 Å². The van der Waals surface area contributed by atoms with Crippen LogP contribution in [0, 0.1) is 5.92 Å². The van der Waals surface area contributed by atoms with E-state index >= 15 is 0 Å². The topological polar surface area (TPSA) is 76.8 Å². The molecular formula is C38H32N4O. The first-order valence-corrected chi connectivity index (χ1v) is 14.8. The monoisotopic (exact) mass is 560 g/mol. The van der Waals surface area contributed by atoms with Crippen molar-refractivity contribution in [3.63, 3.8) is 0 Å². The number of hydrogen-bond acceptors (Lipinski definition) is 3. The summed E-state index contributed by atoms with van der Waals surface area (Å²) in [6.45, 7) is 0.541. The average molecular weight is 561 g/mol. The zero-order chi connectivity index (χ0) is 29.0. The smallest absolute Gasteiger partial charge is 0.203 e. The van der Waals surface area contributed by atoms with E-state index in [0.29, 0.717) is 18.2 Å². The van der Waals surface area contributed by atoms with Crippen molar-refractivity contribution in [1.29, 1.82) is 0 Å². The highest BCUT2D eigenvalue weighted by Gasteiger charge is 2.32. The van der Waals surface area contributed by atoms with Crippen molar-refractivity contribution >= 4 is 22.8 Å². The number of rotatable bonds is 6. The number of nitrogens with zero attached hydrogens (tertiary/aromatic N) is 3. The number of aliphatic imine (C=N–C) groups is 2. The molecule has 3 aliphatic carbocycles. The number of hydrogen-bond donors (Lipinski definition) is 1. The third-order valence-corrected chi connectivity index (χ3v) is 8.14. The van der Waals surface area contributed by atoms with E-state index in [0.717, 1.165) is 41.0 Å². The average Bonchev–Trinajstić information content (AvgIpc) is 3.51. The van der Waals surface area contributed by atoms with Crippen molar-refractivity contribution in [3.8, 4) is 0 Å². The van der Waals surface area contributed by atoms with Gasteiger partial charge in [-0.1, -0.05) is 121 Å². The largest absolute Gasteiger partial charge is 0.440 e. The zero-order valence-electron chi connectivity index (χ0n) is 23.8. The second-order valence-corrected chi connectivity index (χ2v) is 10.9. The van der Waals surface area contributed by atoms with Crippen molar-refractivity contribution in [2.24, 2.45) is 21.6 Å². The summed E-state index contributed by atoms with van der Waals surface area (Å²) in [6, 6.07) is 27.8. The number of para-hydroxylation sites is 2. The molecule has 4 aromatic rings. The van der Waals surface area contributed by atoms with Crippen LogP contribution in [0.1, 0.15) is 35.8 Å². The van der Waals surface area contributed by atoms with Gasteiger partial charge in [0, 0.05) is 17.0 Å². The van der Waals surface area contributed by atoms with Crippen LogP contribution >= 0.6 is 0 Å². The molecule has 5 nitrogen and oxygen atoms in total. The first kappa shape index (κ1) is 26.6. The van der Waals surface area contributed by atoms with E-state index in [4.69, 9.17) is 25.1 Å². The Kier molecular flexibility index (Phi) is 7.36. The molecule has 0 saturated carbocycles. The summed E-state index contributed by atoms with van der Waals surface area (Å²) >= 11 is 0. The summed E-state index contributed by atoms with van der Waals surface area (Å²) < 4.78 is 6.22. The van der Waals surface area contributed by atoms with Crippen LogP contribution in [0.15, 0.2) is 170 Å².